The molecule has 5 N–H and O–H groups in total. The van der Waals surface area contributed by atoms with Crippen molar-refractivity contribution in [3.63, 3.8) is 0 Å². The molecule has 4 unspecified atom stereocenters. The molecule has 8 aromatic carbocycles. The van der Waals surface area contributed by atoms with Gasteiger partial charge < -0.3 is 70.0 Å². The van der Waals surface area contributed by atoms with E-state index >= 15 is 0 Å². The number of hydrogen-bond donors (Lipinski definition) is 5. The zero-order chi connectivity index (χ0) is 101. The fraction of sp³-hybridized carbons (Fsp3) is 0.500. The van der Waals surface area contributed by atoms with Crippen molar-refractivity contribution in [2.75, 3.05) is 155 Å². The van der Waals surface area contributed by atoms with E-state index in [9.17, 15) is 64.3 Å². The lowest BCUT2D eigenvalue weighted by Crippen LogP contribution is -2.57. The zero-order valence-corrected chi connectivity index (χ0v) is 84.8. The Hall–Kier alpha value is -10.9. The molecule has 0 aromatic heterocycles. The number of nitrogens with zero attached hydrogens (tertiary/aromatic N) is 5. The number of sulfone groups is 1. The van der Waals surface area contributed by atoms with Gasteiger partial charge in [0.2, 0.25) is 23.6 Å². The fourth-order valence-electron chi connectivity index (χ4n) is 19.8. The summed E-state index contributed by atoms with van der Waals surface area (Å²) in [5.74, 6) is -0.308. The molecule has 4 aliphatic carbocycles. The zero-order valence-electron chi connectivity index (χ0n) is 83.2. The Morgan fingerprint density at radius 2 is 0.866 bits per heavy atom. The van der Waals surface area contributed by atoms with Gasteiger partial charge in [0.05, 0.1) is 63.8 Å². The minimum Gasteiger partial charge on any atom is -0.497 e. The minimum atomic E-state index is -3.54. The van der Waals surface area contributed by atoms with Gasteiger partial charge in [-0.1, -0.05) is 160 Å². The summed E-state index contributed by atoms with van der Waals surface area (Å²) in [5, 5.41) is 14.6. The summed E-state index contributed by atoms with van der Waals surface area (Å²) in [6.45, 7) is 20.8. The summed E-state index contributed by atoms with van der Waals surface area (Å²) in [6.07, 6.45) is 14.7. The van der Waals surface area contributed by atoms with Gasteiger partial charge in [-0.25, -0.2) is 26.0 Å². The Bertz CT molecular complexity index is 5570. The van der Waals surface area contributed by atoms with Crippen molar-refractivity contribution in [3.8, 4) is 5.75 Å². The molecular weight excluding hydrogens is 1850 g/mol. The van der Waals surface area contributed by atoms with Crippen LogP contribution >= 0.6 is 11.8 Å². The van der Waals surface area contributed by atoms with E-state index in [1.807, 2.05) is 24.1 Å². The Labute approximate surface area is 839 Å². The number of rotatable bonds is 41. The maximum Gasteiger partial charge on any atom is 0.254 e. The molecule has 8 aliphatic rings. The van der Waals surface area contributed by atoms with Crippen molar-refractivity contribution in [3.05, 3.63) is 279 Å². The molecule has 0 radical (unpaired) electrons. The summed E-state index contributed by atoms with van der Waals surface area (Å²) in [5.41, 5.74) is 9.84. The van der Waals surface area contributed by atoms with Crippen LogP contribution in [-0.4, -0.2) is 260 Å². The summed E-state index contributed by atoms with van der Waals surface area (Å²) in [4.78, 5) is 113. The summed E-state index contributed by atoms with van der Waals surface area (Å²) < 4.78 is 101. The monoisotopic (exact) mass is 1990 g/mol. The van der Waals surface area contributed by atoms with E-state index in [0.717, 1.165) is 114 Å². The maximum absolute atomic E-state index is 14.2. The molecule has 24 nitrogen and oxygen atoms in total. The highest BCUT2D eigenvalue weighted by atomic mass is 32.2. The highest BCUT2D eigenvalue weighted by Gasteiger charge is 2.52. The Kier molecular flexibility index (Phi) is 39.8. The summed E-state index contributed by atoms with van der Waals surface area (Å²) in [7, 11) is 0.169. The highest BCUT2D eigenvalue weighted by molar-refractivity contribution is 7.99. The number of methoxy groups -OCH3 is 1. The summed E-state index contributed by atoms with van der Waals surface area (Å²) >= 11 is 1.71. The van der Waals surface area contributed by atoms with Crippen LogP contribution in [0.2, 0.25) is 0 Å². The molecule has 12 atom stereocenters. The first-order valence-electron chi connectivity index (χ1n) is 50.5. The van der Waals surface area contributed by atoms with Crippen LogP contribution in [0.25, 0.3) is 0 Å². The van der Waals surface area contributed by atoms with Gasteiger partial charge in [0.15, 0.2) is 9.84 Å². The normalized spacial score (nSPS) is 22.0. The Morgan fingerprint density at radius 3 is 1.38 bits per heavy atom. The van der Waals surface area contributed by atoms with E-state index in [0.29, 0.717) is 180 Å². The van der Waals surface area contributed by atoms with E-state index in [1.165, 1.54) is 94.8 Å². The SMILES string of the molecule is CN1CCN(C(=O)[C@H](CNCCCC2(C)C[C@H]2c2ccccc2)NC(=O)c2ccc(F)cc2)CC1.COc1ccc([C@@H]2CC2(C)CCCCC[C@H](NC(=O)c2ccc(F)cc2F)C(=O)N2CCOCC2)cc1.Cc1ccc([C@@H]2CC2(C)CCCSC[C@H](NC(=O)c2ccc(F)cc2)C(=O)N2CCOCC2)cc1.Cc1ccc([C@@H]2CC2CCCS(=O)(=O)C[C@H](NC(=O)c2ccccc2)C(=O)N2CCOCC2)cc1. The standard InChI is InChI=1S/C29H36F2N2O4.C28H37FN4O2.C28H35FN2O3S.C27H34N2O5S/c1-29(19-24(29)20-7-10-22(36-2)11-8-20)13-5-3-4-6-26(28(35)33-14-16-37-17-15-33)32-27(34)23-12-9-21(30)18-25(23)31;1-28(19-24(28)21-7-4-3-5-8-21)13-6-14-30-20-25(27(35)33-17-15-32(2)16-18-33)31-26(34)22-9-11-23(29)12-10-22;1-20-4-6-21(7-5-20)24-18-28(24,2)12-3-17-35-19-25(27(33)31-13-15-34-16-14-31)30-26(32)22-8-10-23(29)11-9-22;1-20-9-11-21(12-10-20)24-18-23(24)8-5-17-35(32,33)19-25(27(31)29-13-15-34-16-14-29)28-26(30)22-6-3-2-4-7-22/h7-12,18,24,26H,3-6,13-17,19H2,1-2H3,(H,32,34);3-5,7-12,24-25,30H,6,13-20H2,1-2H3,(H,31,34);4-11,24-25H,3,12-19H2,1-2H3,(H,30,32);2-4,6-7,9-12,23-25H,5,8,13-19H2,1H3,(H,28,30)/t24-,26-,29?;2*24-,25-,28?;23?,24-,25-/m0000/s1. The number of ether oxygens (including phenoxy) is 4. The first-order chi connectivity index (χ1) is 68.3. The van der Waals surface area contributed by atoms with Crippen LogP contribution in [0.3, 0.4) is 0 Å². The molecule has 0 spiro atoms. The third-order valence-electron chi connectivity index (χ3n) is 29.3. The molecule has 16 rings (SSSR count). The lowest BCUT2D eigenvalue weighted by molar-refractivity contribution is -0.138. The Morgan fingerprint density at radius 1 is 0.444 bits per heavy atom. The molecular formula is C112H142F4N10O14S2. The number of carbonyl (C=O) groups excluding carboxylic acids is 8. The topological polar surface area (TPSA) is 284 Å². The van der Waals surface area contributed by atoms with Crippen LogP contribution in [-0.2, 0) is 43.2 Å². The first kappa shape index (κ1) is 108. The predicted molar refractivity (Wildman–Crippen MR) is 546 cm³/mol. The number of morpholine rings is 3. The van der Waals surface area contributed by atoms with Crippen molar-refractivity contribution in [2.45, 2.75) is 179 Å². The van der Waals surface area contributed by atoms with Gasteiger partial charge in [-0.2, -0.15) is 11.8 Å². The first-order valence-corrected chi connectivity index (χ1v) is 53.4. The third-order valence-corrected chi connectivity index (χ3v) is 32.2. The maximum atomic E-state index is 14.2. The molecule has 4 heterocycles. The second-order valence-electron chi connectivity index (χ2n) is 40.2. The van der Waals surface area contributed by atoms with Gasteiger partial charge in [-0.3, -0.25) is 38.4 Å². The number of hydrogen-bond acceptors (Lipinski definition) is 17. The lowest BCUT2D eigenvalue weighted by Gasteiger charge is -2.35. The largest absolute Gasteiger partial charge is 0.497 e. The Balaban J connectivity index is 0.000000159. The van der Waals surface area contributed by atoms with Crippen molar-refractivity contribution < 1.29 is 83.3 Å². The molecule has 0 bridgehead atoms. The molecule has 8 aromatic rings. The molecule has 142 heavy (non-hydrogen) atoms. The van der Waals surface area contributed by atoms with E-state index in [2.05, 4.69) is 157 Å². The molecule has 8 amide bonds. The van der Waals surface area contributed by atoms with Crippen LogP contribution in [0.5, 0.6) is 5.75 Å². The van der Waals surface area contributed by atoms with Gasteiger partial charge in [0, 0.05) is 101 Å². The molecule has 764 valence electrons. The number of nitrogens with one attached hydrogen (secondary N) is 5. The highest BCUT2D eigenvalue weighted by Crippen LogP contribution is 2.64. The number of thioether (sulfide) groups is 1. The van der Waals surface area contributed by atoms with Crippen LogP contribution in [0.1, 0.15) is 216 Å². The van der Waals surface area contributed by atoms with E-state index in [-0.39, 0.29) is 52.2 Å². The summed E-state index contributed by atoms with van der Waals surface area (Å²) in [6, 6.07) is 55.4. The van der Waals surface area contributed by atoms with Crippen molar-refractivity contribution in [1.29, 1.82) is 0 Å². The van der Waals surface area contributed by atoms with E-state index in [4.69, 9.17) is 18.9 Å². The smallest absolute Gasteiger partial charge is 0.254 e. The van der Waals surface area contributed by atoms with Crippen LogP contribution in [0, 0.1) is 59.3 Å². The predicted octanol–water partition coefficient (Wildman–Crippen LogP) is 16.1. The molecule has 8 fully saturated rings. The van der Waals surface area contributed by atoms with Crippen molar-refractivity contribution in [2.24, 2.45) is 22.2 Å². The van der Waals surface area contributed by atoms with Gasteiger partial charge in [0.25, 0.3) is 23.6 Å². The van der Waals surface area contributed by atoms with Gasteiger partial charge in [-0.05, 0) is 263 Å². The molecule has 4 saturated carbocycles. The van der Waals surface area contributed by atoms with E-state index < -0.39 is 74.8 Å². The number of halogens is 4. The molecule has 30 heteroatoms. The molecule has 4 aliphatic heterocycles. The second-order valence-corrected chi connectivity index (χ2v) is 43.6. The van der Waals surface area contributed by atoms with Crippen molar-refractivity contribution in [1.82, 2.24) is 51.1 Å². The van der Waals surface area contributed by atoms with E-state index in [1.54, 1.807) is 63.9 Å². The van der Waals surface area contributed by atoms with Gasteiger partial charge in [-0.15, -0.1) is 0 Å². The number of piperazine rings is 1. The van der Waals surface area contributed by atoms with Gasteiger partial charge >= 0.3 is 0 Å². The van der Waals surface area contributed by atoms with Crippen LogP contribution in [0.15, 0.2) is 200 Å². The lowest BCUT2D eigenvalue weighted by atomic mass is 9.94. The average Bonchev–Trinajstić information content (AvgIpc) is 1.61. The third kappa shape index (κ3) is 32.3. The molecule has 4 saturated heterocycles. The number of carbonyl (C=O) groups is 8. The van der Waals surface area contributed by atoms with Crippen LogP contribution in [0.4, 0.5) is 17.6 Å². The van der Waals surface area contributed by atoms with Crippen LogP contribution < -0.4 is 31.3 Å². The number of unbranched alkanes of at least 4 members (excludes halogenated alkanes) is 2. The van der Waals surface area contributed by atoms with Gasteiger partial charge in [0.1, 0.15) is 53.2 Å². The number of benzene rings is 8. The van der Waals surface area contributed by atoms with Crippen molar-refractivity contribution >= 4 is 68.9 Å². The number of likely N-dealkylation sites (N-methyl/N-ethyl adjacent to an activating group) is 1. The fourth-order valence-corrected chi connectivity index (χ4v) is 22.3. The minimum absolute atomic E-state index is 0.0121. The number of amides is 8. The average molecular weight is 1990 g/mol. The quantitative estimate of drug-likeness (QED) is 0.0176. The number of aryl methyl sites for hydroxylation is 2. The second kappa shape index (κ2) is 52.1.